The number of nitrogens with zero attached hydrogens (tertiary/aromatic N) is 1. The molecule has 1 aromatic rings. The molecule has 5 nitrogen and oxygen atoms in total. The molecule has 0 unspecified atom stereocenters. The Bertz CT molecular complexity index is 606. The Balaban J connectivity index is 2.45. The number of ether oxygens (including phenoxy) is 1. The van der Waals surface area contributed by atoms with Crippen LogP contribution in [0.3, 0.4) is 0 Å². The summed E-state index contributed by atoms with van der Waals surface area (Å²) in [6.45, 7) is 8.19. The van der Waals surface area contributed by atoms with Crippen molar-refractivity contribution in [3.8, 4) is 0 Å². The topological polar surface area (TPSA) is 59.8 Å². The third-order valence-electron chi connectivity index (χ3n) is 3.45. The average molecular weight is 322 g/mol. The lowest BCUT2D eigenvalue weighted by Crippen LogP contribution is -2.50. The smallest absolute Gasteiger partial charge is 0.247 e. The first-order chi connectivity index (χ1) is 9.19. The van der Waals surface area contributed by atoms with Crippen molar-refractivity contribution in [2.75, 3.05) is 19.7 Å². The van der Waals surface area contributed by atoms with Gasteiger partial charge in [-0.1, -0.05) is 0 Å². The Morgan fingerprint density at radius 3 is 2.50 bits per heavy atom. The minimum absolute atomic E-state index is 0.117. The summed E-state index contributed by atoms with van der Waals surface area (Å²) in [5.41, 5.74) is 0.0625. The maximum Gasteiger partial charge on any atom is 0.247 e. The molecule has 0 radical (unpaired) electrons. The maximum atomic E-state index is 12.8. The van der Waals surface area contributed by atoms with E-state index >= 15 is 0 Å². The SMILES string of the molecule is Cc1oc(C)c(S(=O)(=O)N2CCOC(C)(C)C2)c1CCl. The van der Waals surface area contributed by atoms with Crippen molar-refractivity contribution in [3.63, 3.8) is 0 Å². The van der Waals surface area contributed by atoms with Crippen LogP contribution in [0, 0.1) is 13.8 Å². The second kappa shape index (κ2) is 5.33. The normalized spacial score (nSPS) is 20.2. The van der Waals surface area contributed by atoms with Crippen molar-refractivity contribution in [3.05, 3.63) is 17.1 Å². The molecule has 1 aromatic heterocycles. The van der Waals surface area contributed by atoms with Crippen LogP contribution in [0.5, 0.6) is 0 Å². The summed E-state index contributed by atoms with van der Waals surface area (Å²) < 4.78 is 38.1. The van der Waals surface area contributed by atoms with Crippen molar-refractivity contribution < 1.29 is 17.6 Å². The molecule has 0 spiro atoms. The Labute approximate surface area is 124 Å². The summed E-state index contributed by atoms with van der Waals surface area (Å²) in [5, 5.41) is 0. The van der Waals surface area contributed by atoms with Gasteiger partial charge in [-0.25, -0.2) is 8.42 Å². The highest BCUT2D eigenvalue weighted by atomic mass is 35.5. The number of hydrogen-bond acceptors (Lipinski definition) is 4. The second-order valence-corrected chi connectivity index (χ2v) is 7.74. The third kappa shape index (κ3) is 2.74. The Morgan fingerprint density at radius 2 is 1.95 bits per heavy atom. The molecule has 0 bridgehead atoms. The molecule has 2 heterocycles. The molecule has 114 valence electrons. The van der Waals surface area contributed by atoms with Crippen molar-refractivity contribution in [1.29, 1.82) is 0 Å². The van der Waals surface area contributed by atoms with Crippen LogP contribution in [0.1, 0.15) is 30.9 Å². The van der Waals surface area contributed by atoms with Gasteiger partial charge in [0.15, 0.2) is 0 Å². The molecule has 2 rings (SSSR count). The molecule has 20 heavy (non-hydrogen) atoms. The summed E-state index contributed by atoms with van der Waals surface area (Å²) in [4.78, 5) is 0.211. The van der Waals surface area contributed by atoms with E-state index in [9.17, 15) is 8.42 Å². The predicted molar refractivity (Wildman–Crippen MR) is 76.5 cm³/mol. The van der Waals surface area contributed by atoms with Crippen LogP contribution in [-0.2, 0) is 20.6 Å². The zero-order valence-corrected chi connectivity index (χ0v) is 13.8. The van der Waals surface area contributed by atoms with Gasteiger partial charge in [0, 0.05) is 18.7 Å². The first kappa shape index (κ1) is 15.8. The van der Waals surface area contributed by atoms with Crippen LogP contribution in [0.15, 0.2) is 9.31 Å². The molecular formula is C13H20ClNO4S. The molecule has 1 fully saturated rings. The van der Waals surface area contributed by atoms with Gasteiger partial charge in [0.1, 0.15) is 16.4 Å². The van der Waals surface area contributed by atoms with Crippen LogP contribution in [0.2, 0.25) is 0 Å². The summed E-state index contributed by atoms with van der Waals surface area (Å²) in [6, 6.07) is 0. The molecule has 0 atom stereocenters. The van der Waals surface area contributed by atoms with E-state index in [0.29, 0.717) is 36.8 Å². The fourth-order valence-corrected chi connectivity index (χ4v) is 4.90. The number of alkyl halides is 1. The van der Waals surface area contributed by atoms with E-state index in [1.807, 2.05) is 13.8 Å². The van der Waals surface area contributed by atoms with Gasteiger partial charge in [0.2, 0.25) is 10.0 Å². The number of rotatable bonds is 3. The number of morpholine rings is 1. The maximum absolute atomic E-state index is 12.8. The third-order valence-corrected chi connectivity index (χ3v) is 5.76. The average Bonchev–Trinajstić information content (AvgIpc) is 2.62. The van der Waals surface area contributed by atoms with Gasteiger partial charge in [-0.3, -0.25) is 0 Å². The standard InChI is InChI=1S/C13H20ClNO4S/c1-9-11(7-14)12(10(2)19-9)20(16,17)15-5-6-18-13(3,4)8-15/h5-8H2,1-4H3. The van der Waals surface area contributed by atoms with Crippen molar-refractivity contribution in [2.24, 2.45) is 0 Å². The fourth-order valence-electron chi connectivity index (χ4n) is 2.51. The Morgan fingerprint density at radius 1 is 1.30 bits per heavy atom. The van der Waals surface area contributed by atoms with Crippen LogP contribution >= 0.6 is 11.6 Å². The van der Waals surface area contributed by atoms with E-state index in [1.165, 1.54) is 4.31 Å². The van der Waals surface area contributed by atoms with Crippen LogP contribution < -0.4 is 0 Å². The van der Waals surface area contributed by atoms with Crippen molar-refractivity contribution >= 4 is 21.6 Å². The van der Waals surface area contributed by atoms with Gasteiger partial charge < -0.3 is 9.15 Å². The highest BCUT2D eigenvalue weighted by Gasteiger charge is 2.38. The first-order valence-corrected chi connectivity index (χ1v) is 8.45. The predicted octanol–water partition coefficient (Wildman–Crippen LogP) is 2.43. The zero-order valence-electron chi connectivity index (χ0n) is 12.2. The molecule has 1 saturated heterocycles. The minimum atomic E-state index is -3.61. The van der Waals surface area contributed by atoms with E-state index in [2.05, 4.69) is 0 Å². The van der Waals surface area contributed by atoms with Crippen LogP contribution in [0.4, 0.5) is 0 Å². The molecule has 1 aliphatic heterocycles. The monoisotopic (exact) mass is 321 g/mol. The Hall–Kier alpha value is -0.560. The Kier molecular flexibility index (Phi) is 4.22. The second-order valence-electron chi connectivity index (χ2n) is 5.60. The molecule has 0 aliphatic carbocycles. The lowest BCUT2D eigenvalue weighted by Gasteiger charge is -2.37. The molecule has 0 saturated carbocycles. The van der Waals surface area contributed by atoms with Gasteiger partial charge in [-0.15, -0.1) is 11.6 Å². The lowest BCUT2D eigenvalue weighted by molar-refractivity contribution is -0.0640. The number of halogens is 1. The quantitative estimate of drug-likeness (QED) is 0.802. The summed E-state index contributed by atoms with van der Waals surface area (Å²) in [6.07, 6.45) is 0. The molecule has 0 N–H and O–H groups in total. The number of furan rings is 1. The highest BCUT2D eigenvalue weighted by Crippen LogP contribution is 2.32. The van der Waals surface area contributed by atoms with Gasteiger partial charge in [0.25, 0.3) is 0 Å². The van der Waals surface area contributed by atoms with E-state index in [-0.39, 0.29) is 10.8 Å². The van der Waals surface area contributed by atoms with Crippen LogP contribution in [0.25, 0.3) is 0 Å². The summed E-state index contributed by atoms with van der Waals surface area (Å²) in [7, 11) is -3.61. The van der Waals surface area contributed by atoms with Gasteiger partial charge in [0.05, 0.1) is 18.1 Å². The molecule has 7 heteroatoms. The lowest BCUT2D eigenvalue weighted by atomic mass is 10.1. The van der Waals surface area contributed by atoms with Crippen molar-refractivity contribution in [2.45, 2.75) is 44.1 Å². The van der Waals surface area contributed by atoms with Gasteiger partial charge in [-0.2, -0.15) is 4.31 Å². The van der Waals surface area contributed by atoms with Gasteiger partial charge >= 0.3 is 0 Å². The molecular weight excluding hydrogens is 302 g/mol. The van der Waals surface area contributed by atoms with Crippen LogP contribution in [-0.4, -0.2) is 38.0 Å². The van der Waals surface area contributed by atoms with E-state index in [0.717, 1.165) is 0 Å². The largest absolute Gasteiger partial charge is 0.465 e. The number of sulfonamides is 1. The van der Waals surface area contributed by atoms with E-state index in [1.54, 1.807) is 13.8 Å². The summed E-state index contributed by atoms with van der Waals surface area (Å²) >= 11 is 5.88. The van der Waals surface area contributed by atoms with Crippen molar-refractivity contribution in [1.82, 2.24) is 4.31 Å². The van der Waals surface area contributed by atoms with E-state index < -0.39 is 15.6 Å². The number of hydrogen-bond donors (Lipinski definition) is 0. The fraction of sp³-hybridized carbons (Fsp3) is 0.692. The zero-order chi connectivity index (χ0) is 15.1. The molecule has 0 aromatic carbocycles. The highest BCUT2D eigenvalue weighted by molar-refractivity contribution is 7.89. The number of aryl methyl sites for hydroxylation is 2. The molecule has 0 amide bonds. The summed E-state index contributed by atoms with van der Waals surface area (Å²) in [5.74, 6) is 1.07. The van der Waals surface area contributed by atoms with E-state index in [4.69, 9.17) is 20.8 Å². The van der Waals surface area contributed by atoms with Gasteiger partial charge in [-0.05, 0) is 27.7 Å². The minimum Gasteiger partial charge on any atom is -0.465 e. The first-order valence-electron chi connectivity index (χ1n) is 6.48. The molecule has 1 aliphatic rings.